The second kappa shape index (κ2) is 7.80. The highest BCUT2D eigenvalue weighted by atomic mass is 35.5. The van der Waals surface area contributed by atoms with Crippen molar-refractivity contribution in [3.63, 3.8) is 0 Å². The molecule has 3 aromatic rings. The second-order valence-corrected chi connectivity index (χ2v) is 6.43. The zero-order chi connectivity index (χ0) is 19.6. The Bertz CT molecular complexity index is 1000. The standard InChI is InChI=1S/C18H13Cl2F3N2O2/c19-12-4-3-11(15(20)8-12)10-25-17-9-13(27-18(21,22)23)5-6-14(17)16(24-25)2-1-7-26/h1-6,8-9,26H,7,10H2/b2-1+. The van der Waals surface area contributed by atoms with Gasteiger partial charge in [-0.1, -0.05) is 35.3 Å². The highest BCUT2D eigenvalue weighted by molar-refractivity contribution is 6.35. The first-order valence-electron chi connectivity index (χ1n) is 7.74. The van der Waals surface area contributed by atoms with E-state index in [4.69, 9.17) is 28.3 Å². The van der Waals surface area contributed by atoms with E-state index in [0.29, 0.717) is 32.2 Å². The first-order chi connectivity index (χ1) is 12.8. The van der Waals surface area contributed by atoms with Gasteiger partial charge in [0.15, 0.2) is 0 Å². The molecular formula is C18H13Cl2F3N2O2. The number of aliphatic hydroxyl groups excluding tert-OH is 1. The molecule has 1 aromatic heterocycles. The summed E-state index contributed by atoms with van der Waals surface area (Å²) in [4.78, 5) is 0. The minimum atomic E-state index is -4.79. The lowest BCUT2D eigenvalue weighted by atomic mass is 10.2. The van der Waals surface area contributed by atoms with E-state index in [1.165, 1.54) is 29.0 Å². The summed E-state index contributed by atoms with van der Waals surface area (Å²) in [6.07, 6.45) is -1.72. The third kappa shape index (κ3) is 4.74. The summed E-state index contributed by atoms with van der Waals surface area (Å²) in [6.45, 7) is 0.0293. The Hall–Kier alpha value is -2.22. The van der Waals surface area contributed by atoms with Crippen LogP contribution in [0.5, 0.6) is 5.75 Å². The smallest absolute Gasteiger partial charge is 0.406 e. The van der Waals surface area contributed by atoms with Crippen molar-refractivity contribution in [1.29, 1.82) is 0 Å². The number of halogens is 5. The van der Waals surface area contributed by atoms with Crippen LogP contribution >= 0.6 is 23.2 Å². The van der Waals surface area contributed by atoms with Crippen LogP contribution in [0.3, 0.4) is 0 Å². The lowest BCUT2D eigenvalue weighted by Gasteiger charge is -2.10. The van der Waals surface area contributed by atoms with E-state index in [9.17, 15) is 13.2 Å². The summed E-state index contributed by atoms with van der Waals surface area (Å²) < 4.78 is 43.1. The number of alkyl halides is 3. The zero-order valence-electron chi connectivity index (χ0n) is 13.7. The van der Waals surface area contributed by atoms with Crippen LogP contribution in [-0.2, 0) is 6.54 Å². The number of rotatable bonds is 5. The summed E-state index contributed by atoms with van der Waals surface area (Å²) in [5.41, 5.74) is 1.63. The van der Waals surface area contributed by atoms with E-state index in [2.05, 4.69) is 9.84 Å². The van der Waals surface area contributed by atoms with Crippen LogP contribution in [0, 0.1) is 0 Å². The van der Waals surface area contributed by atoms with Crippen molar-refractivity contribution in [2.24, 2.45) is 0 Å². The molecule has 0 fully saturated rings. The molecule has 27 heavy (non-hydrogen) atoms. The average molecular weight is 417 g/mol. The van der Waals surface area contributed by atoms with Gasteiger partial charge >= 0.3 is 6.36 Å². The fourth-order valence-corrected chi connectivity index (χ4v) is 3.06. The molecule has 9 heteroatoms. The third-order valence-electron chi connectivity index (χ3n) is 3.70. The summed E-state index contributed by atoms with van der Waals surface area (Å²) in [7, 11) is 0. The summed E-state index contributed by atoms with van der Waals surface area (Å²) in [5, 5.41) is 14.9. The van der Waals surface area contributed by atoms with E-state index < -0.39 is 6.36 Å². The number of hydrogen-bond donors (Lipinski definition) is 1. The minimum Gasteiger partial charge on any atom is -0.406 e. The van der Waals surface area contributed by atoms with Crippen LogP contribution in [0.1, 0.15) is 11.3 Å². The summed E-state index contributed by atoms with van der Waals surface area (Å²) in [5.74, 6) is -0.351. The van der Waals surface area contributed by atoms with Gasteiger partial charge in [-0.2, -0.15) is 5.10 Å². The predicted molar refractivity (Wildman–Crippen MR) is 98.1 cm³/mol. The molecule has 0 aliphatic heterocycles. The topological polar surface area (TPSA) is 47.3 Å². The van der Waals surface area contributed by atoms with Crippen molar-refractivity contribution in [1.82, 2.24) is 9.78 Å². The molecule has 0 radical (unpaired) electrons. The average Bonchev–Trinajstić information content (AvgIpc) is 2.91. The number of aromatic nitrogens is 2. The first-order valence-corrected chi connectivity index (χ1v) is 8.50. The number of fused-ring (bicyclic) bond motifs is 1. The molecule has 4 nitrogen and oxygen atoms in total. The van der Waals surface area contributed by atoms with Crippen LogP contribution in [0.2, 0.25) is 10.0 Å². The molecule has 142 valence electrons. The molecule has 0 amide bonds. The second-order valence-electron chi connectivity index (χ2n) is 5.59. The molecule has 0 bridgehead atoms. The minimum absolute atomic E-state index is 0.188. The lowest BCUT2D eigenvalue weighted by Crippen LogP contribution is -2.17. The number of ether oxygens (including phenoxy) is 1. The van der Waals surface area contributed by atoms with Crippen molar-refractivity contribution in [3.8, 4) is 5.75 Å². The highest BCUT2D eigenvalue weighted by Crippen LogP contribution is 2.30. The van der Waals surface area contributed by atoms with Gasteiger partial charge in [0.2, 0.25) is 0 Å². The van der Waals surface area contributed by atoms with E-state index in [1.807, 2.05) is 0 Å². The van der Waals surface area contributed by atoms with E-state index in [-0.39, 0.29) is 18.9 Å². The van der Waals surface area contributed by atoms with Crippen LogP contribution in [0.25, 0.3) is 17.0 Å². The van der Waals surface area contributed by atoms with Crippen LogP contribution in [-0.4, -0.2) is 27.9 Å². The molecule has 1 heterocycles. The maximum atomic E-state index is 12.5. The van der Waals surface area contributed by atoms with Crippen molar-refractivity contribution >= 4 is 40.2 Å². The Labute approximate surface area is 162 Å². The summed E-state index contributed by atoms with van der Waals surface area (Å²) in [6, 6.07) is 8.93. The fraction of sp³-hybridized carbons (Fsp3) is 0.167. The van der Waals surface area contributed by atoms with Crippen molar-refractivity contribution in [2.45, 2.75) is 12.9 Å². The van der Waals surface area contributed by atoms with Gasteiger partial charge in [0, 0.05) is 21.5 Å². The number of hydrogen-bond acceptors (Lipinski definition) is 3. The normalized spacial score (nSPS) is 12.2. The highest BCUT2D eigenvalue weighted by Gasteiger charge is 2.31. The Morgan fingerprint density at radius 2 is 1.93 bits per heavy atom. The van der Waals surface area contributed by atoms with Crippen LogP contribution < -0.4 is 4.74 Å². The molecule has 2 aromatic carbocycles. The number of benzene rings is 2. The molecule has 1 N–H and O–H groups in total. The van der Waals surface area contributed by atoms with Gasteiger partial charge in [-0.15, -0.1) is 13.2 Å². The Morgan fingerprint density at radius 3 is 2.59 bits per heavy atom. The molecule has 0 atom stereocenters. The van der Waals surface area contributed by atoms with Gasteiger partial charge in [-0.3, -0.25) is 4.68 Å². The van der Waals surface area contributed by atoms with Crippen LogP contribution in [0.4, 0.5) is 13.2 Å². The largest absolute Gasteiger partial charge is 0.573 e. The molecule has 0 unspecified atom stereocenters. The third-order valence-corrected chi connectivity index (χ3v) is 4.29. The number of nitrogens with zero attached hydrogens (tertiary/aromatic N) is 2. The first kappa shape index (κ1) is 19.5. The van der Waals surface area contributed by atoms with E-state index in [1.54, 1.807) is 24.3 Å². The molecular weight excluding hydrogens is 404 g/mol. The maximum Gasteiger partial charge on any atom is 0.573 e. The molecule has 0 saturated carbocycles. The van der Waals surface area contributed by atoms with E-state index in [0.717, 1.165) is 0 Å². The molecule has 0 aliphatic carbocycles. The maximum absolute atomic E-state index is 12.5. The van der Waals surface area contributed by atoms with Gasteiger partial charge in [-0.25, -0.2) is 0 Å². The summed E-state index contributed by atoms with van der Waals surface area (Å²) >= 11 is 12.1. The van der Waals surface area contributed by atoms with Crippen molar-refractivity contribution in [3.05, 3.63) is 63.8 Å². The monoisotopic (exact) mass is 416 g/mol. The van der Waals surface area contributed by atoms with E-state index >= 15 is 0 Å². The van der Waals surface area contributed by atoms with Gasteiger partial charge in [-0.05, 0) is 35.9 Å². The zero-order valence-corrected chi connectivity index (χ0v) is 15.2. The van der Waals surface area contributed by atoms with Crippen molar-refractivity contribution < 1.29 is 23.0 Å². The van der Waals surface area contributed by atoms with Gasteiger partial charge in [0.05, 0.1) is 24.4 Å². The molecule has 0 saturated heterocycles. The Balaban J connectivity index is 2.08. The Morgan fingerprint density at radius 1 is 1.15 bits per heavy atom. The van der Waals surface area contributed by atoms with Gasteiger partial charge < -0.3 is 9.84 Å². The van der Waals surface area contributed by atoms with Gasteiger partial charge in [0.25, 0.3) is 0 Å². The number of aliphatic hydroxyl groups is 1. The Kier molecular flexibility index (Phi) is 5.64. The molecule has 3 rings (SSSR count). The molecule has 0 spiro atoms. The quantitative estimate of drug-likeness (QED) is 0.614. The van der Waals surface area contributed by atoms with Gasteiger partial charge in [0.1, 0.15) is 5.75 Å². The molecule has 0 aliphatic rings. The fourth-order valence-electron chi connectivity index (χ4n) is 2.60. The SMILES string of the molecule is OC/C=C/c1nn(Cc2ccc(Cl)cc2Cl)c2cc(OC(F)(F)F)ccc12. The van der Waals surface area contributed by atoms with Crippen molar-refractivity contribution in [2.75, 3.05) is 6.61 Å². The predicted octanol–water partition coefficient (Wildman–Crippen LogP) is 5.30. The lowest BCUT2D eigenvalue weighted by molar-refractivity contribution is -0.274. The van der Waals surface area contributed by atoms with Crippen LogP contribution in [0.15, 0.2) is 42.5 Å².